The summed E-state index contributed by atoms with van der Waals surface area (Å²) in [7, 11) is -3.06. The Morgan fingerprint density at radius 3 is 2.16 bits per heavy atom. The molecule has 0 aliphatic rings. The van der Waals surface area contributed by atoms with E-state index in [1.807, 2.05) is 13.8 Å². The monoisotopic (exact) mass is 653 g/mol. The van der Waals surface area contributed by atoms with Crippen molar-refractivity contribution in [3.8, 4) is 5.75 Å². The molecule has 3 rings (SSSR count). The Labute approximate surface area is 260 Å². The Balaban J connectivity index is 2.13. The van der Waals surface area contributed by atoms with Crippen LogP contribution in [-0.4, -0.2) is 50.9 Å². The van der Waals surface area contributed by atoms with Crippen LogP contribution in [0.1, 0.15) is 44.7 Å². The summed E-state index contributed by atoms with van der Waals surface area (Å²) in [6, 6.07) is 15.2. The molecule has 3 aromatic carbocycles. The van der Waals surface area contributed by atoms with Crippen molar-refractivity contribution in [3.63, 3.8) is 0 Å². The summed E-state index contributed by atoms with van der Waals surface area (Å²) < 4.78 is 74.9. The molecule has 2 atom stereocenters. The number of halogens is 4. The summed E-state index contributed by atoms with van der Waals surface area (Å²) in [5.74, 6) is -0.668. The van der Waals surface area contributed by atoms with Crippen molar-refractivity contribution in [3.05, 3.63) is 88.9 Å². The highest BCUT2D eigenvalue weighted by Crippen LogP contribution is 2.38. The molecule has 0 aliphatic carbocycles. The molecular formula is C31H35ClF3N3O5S. The summed E-state index contributed by atoms with van der Waals surface area (Å²) in [6.45, 7) is 4.44. The number of benzene rings is 3. The number of carbonyl (C=O) groups is 2. The number of ether oxygens (including phenoxy) is 1. The van der Waals surface area contributed by atoms with Crippen LogP contribution in [0.3, 0.4) is 0 Å². The van der Waals surface area contributed by atoms with Crippen molar-refractivity contribution < 1.29 is 35.9 Å². The van der Waals surface area contributed by atoms with Crippen molar-refractivity contribution >= 4 is 39.1 Å². The van der Waals surface area contributed by atoms with Gasteiger partial charge in [-0.15, -0.1) is 0 Å². The molecule has 3 aromatic rings. The average Bonchev–Trinajstić information content (AvgIpc) is 3.00. The number of sulfonamides is 1. The van der Waals surface area contributed by atoms with E-state index in [1.165, 1.54) is 36.3 Å². The maximum absolute atomic E-state index is 14.1. The van der Waals surface area contributed by atoms with Crippen LogP contribution >= 0.6 is 11.6 Å². The molecule has 44 heavy (non-hydrogen) atoms. The Morgan fingerprint density at radius 1 is 0.977 bits per heavy atom. The van der Waals surface area contributed by atoms with Crippen molar-refractivity contribution in [2.45, 2.75) is 63.3 Å². The molecule has 2 amide bonds. The smallest absolute Gasteiger partial charge is 0.417 e. The number of alkyl halides is 3. The lowest BCUT2D eigenvalue weighted by Crippen LogP contribution is -2.53. The fourth-order valence-corrected chi connectivity index (χ4v) is 6.07. The molecule has 0 fully saturated rings. The predicted molar refractivity (Wildman–Crippen MR) is 163 cm³/mol. The lowest BCUT2D eigenvalue weighted by molar-refractivity contribution is -0.140. The van der Waals surface area contributed by atoms with Gasteiger partial charge >= 0.3 is 6.18 Å². The van der Waals surface area contributed by atoms with Gasteiger partial charge in [-0.1, -0.05) is 55.8 Å². The molecule has 0 aromatic heterocycles. The van der Waals surface area contributed by atoms with Gasteiger partial charge in [-0.2, -0.15) is 13.2 Å². The summed E-state index contributed by atoms with van der Waals surface area (Å²) in [5, 5.41) is 2.24. The number of amides is 2. The number of carbonyl (C=O) groups excluding carboxylic acids is 2. The van der Waals surface area contributed by atoms with Crippen molar-refractivity contribution in [1.29, 1.82) is 0 Å². The zero-order valence-corrected chi connectivity index (χ0v) is 26.3. The highest BCUT2D eigenvalue weighted by Gasteiger charge is 2.37. The van der Waals surface area contributed by atoms with Gasteiger partial charge in [0.25, 0.3) is 10.0 Å². The van der Waals surface area contributed by atoms with E-state index in [1.54, 1.807) is 37.3 Å². The van der Waals surface area contributed by atoms with Gasteiger partial charge in [0.1, 0.15) is 18.3 Å². The van der Waals surface area contributed by atoms with Gasteiger partial charge in [0.05, 0.1) is 28.3 Å². The molecule has 0 radical (unpaired) electrons. The van der Waals surface area contributed by atoms with Crippen LogP contribution in [0.25, 0.3) is 0 Å². The first-order valence-electron chi connectivity index (χ1n) is 13.9. The minimum absolute atomic E-state index is 0.0805. The molecule has 0 saturated carbocycles. The molecule has 8 nitrogen and oxygen atoms in total. The largest absolute Gasteiger partial charge is 0.497 e. The first kappa shape index (κ1) is 34.7. The summed E-state index contributed by atoms with van der Waals surface area (Å²) in [5.41, 5.74) is -1.05. The van der Waals surface area contributed by atoms with Crippen LogP contribution in [0.15, 0.2) is 77.7 Å². The molecule has 13 heteroatoms. The van der Waals surface area contributed by atoms with Gasteiger partial charge in [0.15, 0.2) is 0 Å². The topological polar surface area (TPSA) is 96.0 Å². The molecule has 0 spiro atoms. The molecule has 0 unspecified atom stereocenters. The second kappa shape index (κ2) is 14.8. The van der Waals surface area contributed by atoms with E-state index >= 15 is 0 Å². The number of anilines is 1. The highest BCUT2D eigenvalue weighted by molar-refractivity contribution is 7.92. The van der Waals surface area contributed by atoms with Crippen LogP contribution in [0.2, 0.25) is 5.02 Å². The Bertz CT molecular complexity index is 1540. The summed E-state index contributed by atoms with van der Waals surface area (Å²) in [6.07, 6.45) is -4.06. The third-order valence-electron chi connectivity index (χ3n) is 7.05. The zero-order chi connectivity index (χ0) is 32.7. The molecule has 0 saturated heterocycles. The number of nitrogens with zero attached hydrogens (tertiary/aromatic N) is 2. The third-order valence-corrected chi connectivity index (χ3v) is 9.17. The molecule has 0 bridgehead atoms. The minimum atomic E-state index is -4.89. The number of methoxy groups -OCH3 is 1. The summed E-state index contributed by atoms with van der Waals surface area (Å²) >= 11 is 5.82. The molecule has 1 N–H and O–H groups in total. The predicted octanol–water partition coefficient (Wildman–Crippen LogP) is 6.28. The SMILES string of the molecule is CC[C@@H](C)NC(=O)[C@@H](CC)N(Cc1ccc(OC)cc1)C(=O)CN(c1ccc(Cl)c(C(F)(F)F)c1)S(=O)(=O)c1ccccc1. The van der Waals surface area contributed by atoms with E-state index in [-0.39, 0.29) is 23.9 Å². The number of hydrogen-bond donors (Lipinski definition) is 1. The van der Waals surface area contributed by atoms with Crippen molar-refractivity contribution in [1.82, 2.24) is 10.2 Å². The average molecular weight is 654 g/mol. The zero-order valence-electron chi connectivity index (χ0n) is 24.8. The summed E-state index contributed by atoms with van der Waals surface area (Å²) in [4.78, 5) is 28.5. The fourth-order valence-electron chi connectivity index (χ4n) is 4.42. The second-order valence-electron chi connectivity index (χ2n) is 10.1. The van der Waals surface area contributed by atoms with Crippen LogP contribution < -0.4 is 14.4 Å². The molecular weight excluding hydrogens is 619 g/mol. The van der Waals surface area contributed by atoms with Gasteiger partial charge in [0, 0.05) is 12.6 Å². The molecule has 0 aliphatic heterocycles. The van der Waals surface area contributed by atoms with Gasteiger partial charge in [0.2, 0.25) is 11.8 Å². The van der Waals surface area contributed by atoms with Gasteiger partial charge in [-0.3, -0.25) is 13.9 Å². The van der Waals surface area contributed by atoms with E-state index in [0.29, 0.717) is 28.1 Å². The van der Waals surface area contributed by atoms with Crippen molar-refractivity contribution in [2.75, 3.05) is 18.0 Å². The third kappa shape index (κ3) is 8.44. The molecule has 0 heterocycles. The van der Waals surface area contributed by atoms with Crippen LogP contribution in [0.5, 0.6) is 5.75 Å². The van der Waals surface area contributed by atoms with E-state index in [9.17, 15) is 31.2 Å². The second-order valence-corrected chi connectivity index (χ2v) is 12.4. The normalized spacial score (nSPS) is 13.1. The Kier molecular flexibility index (Phi) is 11.7. The maximum atomic E-state index is 14.1. The van der Waals surface area contributed by atoms with E-state index < -0.39 is 56.9 Å². The van der Waals surface area contributed by atoms with Gasteiger partial charge in [-0.25, -0.2) is 8.42 Å². The van der Waals surface area contributed by atoms with Crippen LogP contribution in [-0.2, 0) is 32.3 Å². The first-order chi connectivity index (χ1) is 20.7. The fraction of sp³-hybridized carbons (Fsp3) is 0.355. The minimum Gasteiger partial charge on any atom is -0.497 e. The Hall–Kier alpha value is -3.77. The van der Waals surface area contributed by atoms with Crippen LogP contribution in [0.4, 0.5) is 18.9 Å². The van der Waals surface area contributed by atoms with Crippen molar-refractivity contribution in [2.24, 2.45) is 0 Å². The Morgan fingerprint density at radius 2 is 1.61 bits per heavy atom. The highest BCUT2D eigenvalue weighted by atomic mass is 35.5. The lowest BCUT2D eigenvalue weighted by atomic mass is 10.1. The first-order valence-corrected chi connectivity index (χ1v) is 15.7. The van der Waals surface area contributed by atoms with Gasteiger partial charge in [-0.05, 0) is 67.8 Å². The van der Waals surface area contributed by atoms with E-state index in [4.69, 9.17) is 16.3 Å². The number of rotatable bonds is 13. The maximum Gasteiger partial charge on any atom is 0.417 e. The molecule has 238 valence electrons. The quantitative estimate of drug-likeness (QED) is 0.234. The number of hydrogen-bond acceptors (Lipinski definition) is 5. The van der Waals surface area contributed by atoms with E-state index in [0.717, 1.165) is 12.1 Å². The van der Waals surface area contributed by atoms with Crippen LogP contribution in [0, 0.1) is 0 Å². The van der Waals surface area contributed by atoms with E-state index in [2.05, 4.69) is 5.32 Å². The standard InChI is InChI=1S/C31H35ClF3N3O5S/c1-5-21(3)36-30(40)28(6-2)37(19-22-12-15-24(43-4)16-13-22)29(39)20-38(44(41,42)25-10-8-7-9-11-25)23-14-17-27(32)26(18-23)31(33,34)35/h7-18,21,28H,5-6,19-20H2,1-4H3,(H,36,40)/t21-,28-/m1/s1. The lowest BCUT2D eigenvalue weighted by Gasteiger charge is -2.34. The van der Waals surface area contributed by atoms with Gasteiger partial charge < -0.3 is 15.0 Å². The number of nitrogens with one attached hydrogen (secondary N) is 1.